The normalized spacial score (nSPS) is 10.7. The van der Waals surface area contributed by atoms with E-state index in [-0.39, 0.29) is 30.0 Å². The van der Waals surface area contributed by atoms with Gasteiger partial charge in [-0.15, -0.1) is 11.6 Å². The number of nitrogens with one attached hydrogen (secondary N) is 1. The summed E-state index contributed by atoms with van der Waals surface area (Å²) in [5.41, 5.74) is -1.08. The Bertz CT molecular complexity index is 488. The number of rotatable bonds is 5. The number of aromatic amines is 1. The maximum Gasteiger partial charge on any atom is 0.310 e. The third-order valence-electron chi connectivity index (χ3n) is 2.24. The Kier molecular flexibility index (Phi) is 5.27. The van der Waals surface area contributed by atoms with Gasteiger partial charge in [0.05, 0.1) is 18.7 Å². The fourth-order valence-corrected chi connectivity index (χ4v) is 1.66. The van der Waals surface area contributed by atoms with Crippen LogP contribution in [0.1, 0.15) is 30.2 Å². The third-order valence-corrected chi connectivity index (χ3v) is 2.52. The largest absolute Gasteiger partial charge is 0.466 e. The van der Waals surface area contributed by atoms with Crippen LogP contribution in [-0.2, 0) is 21.8 Å². The number of ether oxygens (including phenoxy) is 1. The molecule has 7 heteroatoms. The number of carbonyl (C=O) groups excluding carboxylic acids is 1. The van der Waals surface area contributed by atoms with E-state index in [9.17, 15) is 18.4 Å². The molecule has 0 aliphatic carbocycles. The lowest BCUT2D eigenvalue weighted by Crippen LogP contribution is -2.20. The first kappa shape index (κ1) is 14.6. The monoisotopic (exact) mass is 279 g/mol. The molecule has 0 atom stereocenters. The van der Waals surface area contributed by atoms with Gasteiger partial charge in [0, 0.05) is 11.4 Å². The zero-order valence-corrected chi connectivity index (χ0v) is 10.4. The summed E-state index contributed by atoms with van der Waals surface area (Å²) in [5.74, 6) is -0.764. The van der Waals surface area contributed by atoms with Gasteiger partial charge in [-0.1, -0.05) is 0 Å². The third kappa shape index (κ3) is 3.53. The molecule has 0 fully saturated rings. The molecule has 0 bridgehead atoms. The van der Waals surface area contributed by atoms with Gasteiger partial charge in [0.2, 0.25) is 0 Å². The average Bonchev–Trinajstić information content (AvgIpc) is 2.31. The molecule has 0 aliphatic rings. The molecule has 0 aliphatic heterocycles. The standard InChI is InChI=1S/C11H12ClF2NO3/c1-2-18-8(16)4-6-3-7(5-12)9(10(13)14)15-11(6)17/h3,10H,2,4-5H2,1H3,(H,15,17). The van der Waals surface area contributed by atoms with Crippen LogP contribution in [0.3, 0.4) is 0 Å². The summed E-state index contributed by atoms with van der Waals surface area (Å²) in [6.07, 6.45) is -3.08. The van der Waals surface area contributed by atoms with Gasteiger partial charge in [0.15, 0.2) is 0 Å². The number of H-pyrrole nitrogens is 1. The molecule has 0 aromatic carbocycles. The molecule has 1 rings (SSSR count). The summed E-state index contributed by atoms with van der Waals surface area (Å²) in [6, 6.07) is 1.21. The number of hydrogen-bond donors (Lipinski definition) is 1. The molecule has 0 saturated heterocycles. The van der Waals surface area contributed by atoms with Crippen molar-refractivity contribution in [3.05, 3.63) is 33.2 Å². The highest BCUT2D eigenvalue weighted by atomic mass is 35.5. The second kappa shape index (κ2) is 6.49. The summed E-state index contributed by atoms with van der Waals surface area (Å²) in [7, 11) is 0. The minimum atomic E-state index is -2.82. The van der Waals surface area contributed by atoms with Gasteiger partial charge in [-0.25, -0.2) is 8.78 Å². The smallest absolute Gasteiger partial charge is 0.310 e. The van der Waals surface area contributed by atoms with Crippen molar-refractivity contribution in [3.63, 3.8) is 0 Å². The maximum absolute atomic E-state index is 12.6. The second-order valence-corrected chi connectivity index (χ2v) is 3.75. The van der Waals surface area contributed by atoms with E-state index >= 15 is 0 Å². The molecule has 0 unspecified atom stereocenters. The molecule has 0 radical (unpaired) electrons. The van der Waals surface area contributed by atoms with Crippen molar-refractivity contribution in [1.29, 1.82) is 0 Å². The summed E-state index contributed by atoms with van der Waals surface area (Å²) < 4.78 is 29.9. The number of esters is 1. The van der Waals surface area contributed by atoms with Gasteiger partial charge in [0.1, 0.15) is 0 Å². The molecule has 1 heterocycles. The van der Waals surface area contributed by atoms with Crippen LogP contribution in [0.5, 0.6) is 0 Å². The Morgan fingerprint density at radius 1 is 1.50 bits per heavy atom. The number of pyridine rings is 1. The van der Waals surface area contributed by atoms with Crippen molar-refractivity contribution in [2.75, 3.05) is 6.61 Å². The Labute approximate surface area is 107 Å². The van der Waals surface area contributed by atoms with Gasteiger partial charge in [0.25, 0.3) is 12.0 Å². The first-order valence-corrected chi connectivity index (χ1v) is 5.77. The molecule has 1 N–H and O–H groups in total. The van der Waals surface area contributed by atoms with Gasteiger partial charge in [-0.05, 0) is 18.6 Å². The zero-order valence-electron chi connectivity index (χ0n) is 9.63. The molecule has 1 aromatic heterocycles. The Hall–Kier alpha value is -1.43. The molecule has 0 saturated carbocycles. The molecular weight excluding hydrogens is 268 g/mol. The SMILES string of the molecule is CCOC(=O)Cc1cc(CCl)c(C(F)F)[nH]c1=O. The number of halogens is 3. The minimum absolute atomic E-state index is 0.0634. The summed E-state index contributed by atoms with van der Waals surface area (Å²) in [6.45, 7) is 1.82. The van der Waals surface area contributed by atoms with Crippen LogP contribution >= 0.6 is 11.6 Å². The molecule has 100 valence electrons. The van der Waals surface area contributed by atoms with Crippen molar-refractivity contribution in [3.8, 4) is 0 Å². The fraction of sp³-hybridized carbons (Fsp3) is 0.455. The highest BCUT2D eigenvalue weighted by Crippen LogP contribution is 2.21. The molecule has 0 amide bonds. The first-order chi connectivity index (χ1) is 8.49. The summed E-state index contributed by atoms with van der Waals surface area (Å²) in [5, 5.41) is 0. The quantitative estimate of drug-likeness (QED) is 0.664. The van der Waals surface area contributed by atoms with E-state index in [4.69, 9.17) is 11.6 Å². The van der Waals surface area contributed by atoms with Gasteiger partial charge in [-0.3, -0.25) is 9.59 Å². The van der Waals surface area contributed by atoms with E-state index in [1.807, 2.05) is 4.98 Å². The van der Waals surface area contributed by atoms with Gasteiger partial charge < -0.3 is 9.72 Å². The van der Waals surface area contributed by atoms with Crippen molar-refractivity contribution in [2.24, 2.45) is 0 Å². The van der Waals surface area contributed by atoms with Crippen LogP contribution in [-0.4, -0.2) is 17.6 Å². The minimum Gasteiger partial charge on any atom is -0.466 e. The number of alkyl halides is 3. The predicted octanol–water partition coefficient (Wildman–Crippen LogP) is 2.16. The van der Waals surface area contributed by atoms with E-state index in [1.54, 1.807) is 6.92 Å². The molecule has 4 nitrogen and oxygen atoms in total. The first-order valence-electron chi connectivity index (χ1n) is 5.24. The van der Waals surface area contributed by atoms with E-state index in [1.165, 1.54) is 6.07 Å². The number of carbonyl (C=O) groups is 1. The van der Waals surface area contributed by atoms with E-state index in [2.05, 4.69) is 4.74 Å². The Morgan fingerprint density at radius 2 is 2.17 bits per heavy atom. The van der Waals surface area contributed by atoms with Crippen molar-refractivity contribution < 1.29 is 18.3 Å². The van der Waals surface area contributed by atoms with Crippen LogP contribution < -0.4 is 5.56 Å². The lowest BCUT2D eigenvalue weighted by molar-refractivity contribution is -0.142. The second-order valence-electron chi connectivity index (χ2n) is 3.48. The molecule has 0 spiro atoms. The van der Waals surface area contributed by atoms with Crippen LogP contribution in [0, 0.1) is 0 Å². The highest BCUT2D eigenvalue weighted by Gasteiger charge is 2.17. The fourth-order valence-electron chi connectivity index (χ4n) is 1.44. The molecule has 18 heavy (non-hydrogen) atoms. The lowest BCUT2D eigenvalue weighted by atomic mass is 10.1. The summed E-state index contributed by atoms with van der Waals surface area (Å²) >= 11 is 5.53. The predicted molar refractivity (Wildman–Crippen MR) is 61.9 cm³/mol. The van der Waals surface area contributed by atoms with Crippen molar-refractivity contribution in [1.82, 2.24) is 4.98 Å². The Morgan fingerprint density at radius 3 is 2.67 bits per heavy atom. The molecular formula is C11H12ClF2NO3. The van der Waals surface area contributed by atoms with E-state index in [0.717, 1.165) is 0 Å². The van der Waals surface area contributed by atoms with Crippen LogP contribution in [0.4, 0.5) is 8.78 Å². The lowest BCUT2D eigenvalue weighted by Gasteiger charge is -2.08. The highest BCUT2D eigenvalue weighted by molar-refractivity contribution is 6.17. The van der Waals surface area contributed by atoms with Crippen molar-refractivity contribution in [2.45, 2.75) is 25.7 Å². The topological polar surface area (TPSA) is 59.2 Å². The maximum atomic E-state index is 12.6. The van der Waals surface area contributed by atoms with Gasteiger partial charge in [-0.2, -0.15) is 0 Å². The van der Waals surface area contributed by atoms with Crippen molar-refractivity contribution >= 4 is 17.6 Å². The summed E-state index contributed by atoms with van der Waals surface area (Å²) in [4.78, 5) is 24.8. The molecule has 1 aromatic rings. The van der Waals surface area contributed by atoms with Crippen LogP contribution in [0.2, 0.25) is 0 Å². The van der Waals surface area contributed by atoms with E-state index < -0.39 is 23.6 Å². The Balaban J connectivity index is 3.08. The zero-order chi connectivity index (χ0) is 13.7. The number of hydrogen-bond acceptors (Lipinski definition) is 3. The van der Waals surface area contributed by atoms with Gasteiger partial charge >= 0.3 is 5.97 Å². The van der Waals surface area contributed by atoms with Crippen LogP contribution in [0.25, 0.3) is 0 Å². The van der Waals surface area contributed by atoms with Crippen LogP contribution in [0.15, 0.2) is 10.9 Å². The van der Waals surface area contributed by atoms with E-state index in [0.29, 0.717) is 0 Å². The average molecular weight is 280 g/mol. The number of aromatic nitrogens is 1.